The monoisotopic (exact) mass is 500 g/mol. The van der Waals surface area contributed by atoms with Crippen molar-refractivity contribution < 1.29 is 13.9 Å². The summed E-state index contributed by atoms with van der Waals surface area (Å²) in [6.45, 7) is 8.13. The van der Waals surface area contributed by atoms with Crippen molar-refractivity contribution in [3.05, 3.63) is 33.9 Å². The average Bonchev–Trinajstić information content (AvgIpc) is 2.87. The van der Waals surface area contributed by atoms with E-state index in [4.69, 9.17) is 4.74 Å². The Morgan fingerprint density at radius 2 is 1.75 bits per heavy atom. The Bertz CT molecular complexity index is 1120. The first kappa shape index (κ1) is 26.5. The number of nitrogens with zero attached hydrogens (tertiary/aromatic N) is 3. The van der Waals surface area contributed by atoms with Crippen molar-refractivity contribution in [1.82, 2.24) is 14.8 Å². The second kappa shape index (κ2) is 12.1. The zero-order valence-electron chi connectivity index (χ0n) is 22.1. The van der Waals surface area contributed by atoms with E-state index in [-0.39, 0.29) is 17.0 Å². The maximum Gasteiger partial charge on any atom is 0.256 e. The highest BCUT2D eigenvalue weighted by molar-refractivity contribution is 6.00. The van der Waals surface area contributed by atoms with Crippen molar-refractivity contribution >= 4 is 22.5 Å². The van der Waals surface area contributed by atoms with Crippen LogP contribution in [-0.4, -0.2) is 61.8 Å². The molecule has 1 aromatic carbocycles. The number of hydrogen-bond donors (Lipinski definition) is 1. The number of aromatic nitrogens is 1. The van der Waals surface area contributed by atoms with Crippen LogP contribution in [0.1, 0.15) is 81.6 Å². The van der Waals surface area contributed by atoms with Crippen LogP contribution < -0.4 is 20.4 Å². The number of amides is 1. The van der Waals surface area contributed by atoms with Gasteiger partial charge in [-0.1, -0.05) is 51.9 Å². The molecule has 0 saturated carbocycles. The Morgan fingerprint density at radius 1 is 1.08 bits per heavy atom. The van der Waals surface area contributed by atoms with Crippen molar-refractivity contribution in [2.24, 2.45) is 0 Å². The summed E-state index contributed by atoms with van der Waals surface area (Å²) in [6, 6.07) is 1.22. The van der Waals surface area contributed by atoms with Gasteiger partial charge >= 0.3 is 0 Å². The number of anilines is 1. The van der Waals surface area contributed by atoms with Crippen molar-refractivity contribution in [3.8, 4) is 5.75 Å². The molecule has 3 heterocycles. The van der Waals surface area contributed by atoms with Gasteiger partial charge in [-0.15, -0.1) is 0 Å². The molecule has 0 aliphatic carbocycles. The fourth-order valence-electron chi connectivity index (χ4n) is 5.25. The highest BCUT2D eigenvalue weighted by Gasteiger charge is 2.31. The molecular weight excluding hydrogens is 459 g/mol. The average molecular weight is 501 g/mol. The number of unbranched alkanes of at least 4 members (excludes halogenated alkanes) is 7. The molecule has 0 unspecified atom stereocenters. The zero-order valence-corrected chi connectivity index (χ0v) is 22.1. The van der Waals surface area contributed by atoms with E-state index >= 15 is 4.39 Å². The Balaban J connectivity index is 1.51. The summed E-state index contributed by atoms with van der Waals surface area (Å²) in [5.41, 5.74) is 0.613. The molecule has 8 heteroatoms. The molecule has 4 rings (SSSR count). The smallest absolute Gasteiger partial charge is 0.256 e. The van der Waals surface area contributed by atoms with Crippen LogP contribution in [-0.2, 0) is 0 Å². The normalized spacial score (nSPS) is 17.9. The summed E-state index contributed by atoms with van der Waals surface area (Å²) >= 11 is 0. The molecule has 36 heavy (non-hydrogen) atoms. The highest BCUT2D eigenvalue weighted by Crippen LogP contribution is 2.42. The van der Waals surface area contributed by atoms with Crippen LogP contribution in [0.5, 0.6) is 5.75 Å². The predicted molar refractivity (Wildman–Crippen MR) is 143 cm³/mol. The van der Waals surface area contributed by atoms with E-state index in [0.29, 0.717) is 43.2 Å². The van der Waals surface area contributed by atoms with Gasteiger partial charge in [0.2, 0.25) is 5.43 Å². The molecule has 2 aliphatic heterocycles. The summed E-state index contributed by atoms with van der Waals surface area (Å²) in [5, 5.41) is 3.11. The minimum Gasteiger partial charge on any atom is -0.487 e. The first-order valence-electron chi connectivity index (χ1n) is 13.7. The largest absolute Gasteiger partial charge is 0.487 e. The molecular formula is C28H41FN4O3. The Morgan fingerprint density at radius 3 is 2.44 bits per heavy atom. The number of pyridine rings is 1. The van der Waals surface area contributed by atoms with Crippen LogP contribution in [0, 0.1) is 5.82 Å². The number of carbonyl (C=O) groups excluding carboxylic acids is 1. The molecule has 198 valence electrons. The Kier molecular flexibility index (Phi) is 8.88. The Labute approximate surface area is 213 Å². The lowest BCUT2D eigenvalue weighted by Gasteiger charge is -2.37. The van der Waals surface area contributed by atoms with Gasteiger partial charge in [-0.3, -0.25) is 9.59 Å². The number of hydrogen-bond acceptors (Lipinski definition) is 5. The third-order valence-corrected chi connectivity index (χ3v) is 7.52. The number of benzene rings is 1. The van der Waals surface area contributed by atoms with Crippen molar-refractivity contribution in [3.63, 3.8) is 0 Å². The molecule has 1 N–H and O–H groups in total. The van der Waals surface area contributed by atoms with E-state index in [1.165, 1.54) is 38.2 Å². The zero-order chi connectivity index (χ0) is 25.7. The second-order valence-corrected chi connectivity index (χ2v) is 10.4. The first-order valence-corrected chi connectivity index (χ1v) is 13.7. The number of ether oxygens (including phenoxy) is 1. The standard InChI is InChI=1S/C28H41FN4O3/c1-4-5-6-7-8-9-10-11-12-30-28(35)22-18-33-20(2)19-36-27-24(33)21(26(22)34)17-23(29)25(27)32-15-13-31(3)14-16-32/h17-18,20H,4-16,19H2,1-3H3,(H,30,35)/t20-/m0/s1. The van der Waals surface area contributed by atoms with Gasteiger partial charge in [0.05, 0.1) is 16.9 Å². The summed E-state index contributed by atoms with van der Waals surface area (Å²) in [5.74, 6) is -0.454. The second-order valence-electron chi connectivity index (χ2n) is 10.4. The van der Waals surface area contributed by atoms with Gasteiger partial charge < -0.3 is 24.4 Å². The minimum atomic E-state index is -0.475. The SMILES string of the molecule is CCCCCCCCCCNC(=O)c1cn2c3c(c(N4CCN(C)CC4)c(F)cc3c1=O)OC[C@@H]2C. The number of halogens is 1. The number of rotatable bonds is 11. The maximum absolute atomic E-state index is 15.4. The third kappa shape index (κ3) is 5.69. The number of piperazine rings is 1. The fourth-order valence-corrected chi connectivity index (χ4v) is 5.25. The maximum atomic E-state index is 15.4. The van der Waals surface area contributed by atoms with Gasteiger partial charge in [0, 0.05) is 38.9 Å². The first-order chi connectivity index (χ1) is 17.4. The van der Waals surface area contributed by atoms with E-state index in [0.717, 1.165) is 32.4 Å². The fraction of sp³-hybridized carbons (Fsp3) is 0.643. The summed E-state index contributed by atoms with van der Waals surface area (Å²) in [7, 11) is 2.05. The number of carbonyl (C=O) groups is 1. The number of likely N-dealkylation sites (N-methyl/N-ethyl adjacent to an activating group) is 1. The van der Waals surface area contributed by atoms with Gasteiger partial charge in [-0.05, 0) is 26.5 Å². The van der Waals surface area contributed by atoms with Crippen LogP contribution in [0.2, 0.25) is 0 Å². The molecule has 1 saturated heterocycles. The van der Waals surface area contributed by atoms with Crippen LogP contribution >= 0.6 is 0 Å². The molecule has 7 nitrogen and oxygen atoms in total. The van der Waals surface area contributed by atoms with Crippen LogP contribution in [0.3, 0.4) is 0 Å². The topological polar surface area (TPSA) is 66.8 Å². The van der Waals surface area contributed by atoms with E-state index in [1.807, 2.05) is 16.4 Å². The summed E-state index contributed by atoms with van der Waals surface area (Å²) < 4.78 is 23.4. The molecule has 0 radical (unpaired) electrons. The molecule has 1 fully saturated rings. The Hall–Kier alpha value is -2.61. The summed E-state index contributed by atoms with van der Waals surface area (Å²) in [6.07, 6.45) is 11.1. The van der Waals surface area contributed by atoms with Crippen molar-refractivity contribution in [2.75, 3.05) is 51.3 Å². The van der Waals surface area contributed by atoms with E-state index in [9.17, 15) is 9.59 Å². The third-order valence-electron chi connectivity index (χ3n) is 7.52. The highest BCUT2D eigenvalue weighted by atomic mass is 19.1. The van der Waals surface area contributed by atoms with Crippen LogP contribution in [0.4, 0.5) is 10.1 Å². The quantitative estimate of drug-likeness (QED) is 0.453. The lowest BCUT2D eigenvalue weighted by Crippen LogP contribution is -2.45. The van der Waals surface area contributed by atoms with Gasteiger partial charge in [-0.25, -0.2) is 4.39 Å². The molecule has 2 aliphatic rings. The summed E-state index contributed by atoms with van der Waals surface area (Å²) in [4.78, 5) is 30.5. The van der Waals surface area contributed by atoms with Gasteiger partial charge in [0.25, 0.3) is 5.91 Å². The molecule has 0 bridgehead atoms. The van der Waals surface area contributed by atoms with Crippen LogP contribution in [0.15, 0.2) is 17.1 Å². The van der Waals surface area contributed by atoms with E-state index < -0.39 is 17.2 Å². The van der Waals surface area contributed by atoms with E-state index in [2.05, 4.69) is 24.2 Å². The van der Waals surface area contributed by atoms with Gasteiger partial charge in [0.15, 0.2) is 11.6 Å². The molecule has 2 aromatic rings. The van der Waals surface area contributed by atoms with Crippen LogP contribution in [0.25, 0.3) is 10.9 Å². The molecule has 1 aromatic heterocycles. The van der Waals surface area contributed by atoms with Gasteiger partial charge in [0.1, 0.15) is 17.9 Å². The van der Waals surface area contributed by atoms with Crippen molar-refractivity contribution in [2.45, 2.75) is 71.3 Å². The molecule has 1 amide bonds. The lowest BCUT2D eigenvalue weighted by atomic mass is 10.0. The molecule has 0 spiro atoms. The van der Waals surface area contributed by atoms with Gasteiger partial charge in [-0.2, -0.15) is 0 Å². The van der Waals surface area contributed by atoms with E-state index in [1.54, 1.807) is 6.20 Å². The molecule has 1 atom stereocenters. The predicted octanol–water partition coefficient (Wildman–Crippen LogP) is 4.72. The lowest BCUT2D eigenvalue weighted by molar-refractivity contribution is 0.0950. The number of nitrogens with one attached hydrogen (secondary N) is 1. The van der Waals surface area contributed by atoms with Crippen molar-refractivity contribution in [1.29, 1.82) is 0 Å². The minimum absolute atomic E-state index is 0.0634.